The van der Waals surface area contributed by atoms with E-state index in [1.54, 1.807) is 11.3 Å². The van der Waals surface area contributed by atoms with Gasteiger partial charge in [-0.05, 0) is 31.5 Å². The van der Waals surface area contributed by atoms with E-state index in [-0.39, 0.29) is 6.61 Å². The maximum atomic E-state index is 9.09. The number of aryl methyl sites for hydroxylation is 1. The van der Waals surface area contributed by atoms with Crippen LogP contribution in [0.1, 0.15) is 18.7 Å². The number of para-hydroxylation sites is 1. The Labute approximate surface area is 155 Å². The van der Waals surface area contributed by atoms with Gasteiger partial charge in [0.05, 0.1) is 10.2 Å². The van der Waals surface area contributed by atoms with Crippen molar-refractivity contribution >= 4 is 38.6 Å². The molecule has 0 unspecified atom stereocenters. The molecule has 4 rings (SSSR count). The highest BCUT2D eigenvalue weighted by molar-refractivity contribution is 7.22. The molecule has 4 N–H and O–H groups in total. The Hall–Kier alpha value is -2.36. The minimum Gasteiger partial charge on any atom is -0.396 e. The lowest BCUT2D eigenvalue weighted by atomic mass is 10.3. The fraction of sp³-hybridized carbons (Fsp3) is 0.412. The van der Waals surface area contributed by atoms with Crippen molar-refractivity contribution in [3.8, 4) is 0 Å². The number of nitrogens with zero attached hydrogens (tertiary/aromatic N) is 4. The van der Waals surface area contributed by atoms with Crippen LogP contribution >= 0.6 is 11.3 Å². The molecule has 26 heavy (non-hydrogen) atoms. The highest BCUT2D eigenvalue weighted by Crippen LogP contribution is 2.27. The van der Waals surface area contributed by atoms with E-state index in [1.807, 2.05) is 24.3 Å². The lowest BCUT2D eigenvalue weighted by Gasteiger charge is -2.13. The van der Waals surface area contributed by atoms with E-state index >= 15 is 0 Å². The van der Waals surface area contributed by atoms with Crippen LogP contribution in [0.25, 0.3) is 10.2 Å². The topological polar surface area (TPSA) is 108 Å². The molecule has 2 aromatic heterocycles. The van der Waals surface area contributed by atoms with Gasteiger partial charge in [-0.15, -0.1) is 0 Å². The molecular weight excluding hydrogens is 350 g/mol. The van der Waals surface area contributed by atoms with Crippen molar-refractivity contribution < 1.29 is 5.11 Å². The molecule has 1 atom stereocenters. The highest BCUT2D eigenvalue weighted by atomic mass is 32.1. The van der Waals surface area contributed by atoms with Crippen LogP contribution in [0.4, 0.5) is 17.0 Å². The monoisotopic (exact) mass is 371 g/mol. The van der Waals surface area contributed by atoms with E-state index < -0.39 is 0 Å². The van der Waals surface area contributed by atoms with Crippen molar-refractivity contribution in [2.45, 2.75) is 25.3 Å². The van der Waals surface area contributed by atoms with Gasteiger partial charge in [0.25, 0.3) is 0 Å². The van der Waals surface area contributed by atoms with Gasteiger partial charge in [0.2, 0.25) is 11.9 Å². The van der Waals surface area contributed by atoms with Crippen molar-refractivity contribution in [3.63, 3.8) is 0 Å². The SMILES string of the molecule is OCCCc1nc(Nc2nc3ccccc3s2)nc(N[C@@H]2CCNC2)n1. The Balaban J connectivity index is 1.57. The zero-order valence-electron chi connectivity index (χ0n) is 14.3. The summed E-state index contributed by atoms with van der Waals surface area (Å²) in [7, 11) is 0. The third-order valence-corrected chi connectivity index (χ3v) is 5.10. The van der Waals surface area contributed by atoms with Crippen LogP contribution in [0, 0.1) is 0 Å². The van der Waals surface area contributed by atoms with Crippen molar-refractivity contribution in [2.24, 2.45) is 0 Å². The maximum Gasteiger partial charge on any atom is 0.234 e. The molecule has 1 saturated heterocycles. The van der Waals surface area contributed by atoms with Crippen LogP contribution in [-0.2, 0) is 6.42 Å². The van der Waals surface area contributed by atoms with Crippen molar-refractivity contribution in [1.82, 2.24) is 25.3 Å². The second-order valence-corrected chi connectivity index (χ2v) is 7.20. The minimum absolute atomic E-state index is 0.113. The fourth-order valence-electron chi connectivity index (χ4n) is 2.87. The third-order valence-electron chi connectivity index (χ3n) is 4.15. The molecule has 0 radical (unpaired) electrons. The molecule has 0 saturated carbocycles. The minimum atomic E-state index is 0.113. The van der Waals surface area contributed by atoms with Crippen LogP contribution in [0.3, 0.4) is 0 Å². The van der Waals surface area contributed by atoms with Crippen LogP contribution in [0.15, 0.2) is 24.3 Å². The number of thiazole rings is 1. The van der Waals surface area contributed by atoms with Crippen molar-refractivity contribution in [2.75, 3.05) is 30.3 Å². The Morgan fingerprint density at radius 1 is 1.15 bits per heavy atom. The fourth-order valence-corrected chi connectivity index (χ4v) is 3.73. The Kier molecular flexibility index (Phi) is 5.19. The number of aliphatic hydroxyl groups excluding tert-OH is 1. The second-order valence-electron chi connectivity index (χ2n) is 6.17. The van der Waals surface area contributed by atoms with Gasteiger partial charge in [0, 0.05) is 25.6 Å². The third kappa shape index (κ3) is 4.06. The molecule has 1 fully saturated rings. The Bertz CT molecular complexity index is 845. The van der Waals surface area contributed by atoms with E-state index in [1.165, 1.54) is 0 Å². The second kappa shape index (κ2) is 7.90. The van der Waals surface area contributed by atoms with E-state index in [0.29, 0.717) is 36.6 Å². The summed E-state index contributed by atoms with van der Waals surface area (Å²) >= 11 is 1.56. The first-order valence-corrected chi connectivity index (χ1v) is 9.57. The molecule has 1 aliphatic heterocycles. The summed E-state index contributed by atoms with van der Waals surface area (Å²) in [4.78, 5) is 18.0. The lowest BCUT2D eigenvalue weighted by Crippen LogP contribution is -2.24. The summed E-state index contributed by atoms with van der Waals surface area (Å²) in [6.45, 7) is 2.01. The Morgan fingerprint density at radius 3 is 2.85 bits per heavy atom. The first-order chi connectivity index (χ1) is 12.8. The predicted molar refractivity (Wildman–Crippen MR) is 103 cm³/mol. The number of aromatic nitrogens is 4. The van der Waals surface area contributed by atoms with Crippen LogP contribution in [0.2, 0.25) is 0 Å². The molecule has 136 valence electrons. The van der Waals surface area contributed by atoms with Crippen LogP contribution in [0.5, 0.6) is 0 Å². The number of anilines is 3. The summed E-state index contributed by atoms with van der Waals surface area (Å²) in [6.07, 6.45) is 2.26. The number of hydrogen-bond donors (Lipinski definition) is 4. The molecule has 3 heterocycles. The molecule has 1 aliphatic rings. The van der Waals surface area contributed by atoms with Gasteiger partial charge in [0.1, 0.15) is 5.82 Å². The smallest absolute Gasteiger partial charge is 0.234 e. The number of nitrogens with one attached hydrogen (secondary N) is 3. The quantitative estimate of drug-likeness (QED) is 0.499. The van der Waals surface area contributed by atoms with Gasteiger partial charge in [0.15, 0.2) is 5.13 Å². The van der Waals surface area contributed by atoms with Crippen LogP contribution in [-0.4, -0.2) is 50.8 Å². The zero-order valence-corrected chi connectivity index (χ0v) is 15.1. The largest absolute Gasteiger partial charge is 0.396 e. The molecule has 0 spiro atoms. The first-order valence-electron chi connectivity index (χ1n) is 8.76. The number of hydrogen-bond acceptors (Lipinski definition) is 9. The van der Waals surface area contributed by atoms with Gasteiger partial charge in [-0.25, -0.2) is 4.98 Å². The summed E-state index contributed by atoms with van der Waals surface area (Å²) in [5.74, 6) is 1.69. The molecule has 0 amide bonds. The van der Waals surface area contributed by atoms with Gasteiger partial charge in [-0.2, -0.15) is 15.0 Å². The van der Waals surface area contributed by atoms with Crippen molar-refractivity contribution in [3.05, 3.63) is 30.1 Å². The van der Waals surface area contributed by atoms with E-state index in [4.69, 9.17) is 5.11 Å². The molecule has 1 aromatic carbocycles. The van der Waals surface area contributed by atoms with Gasteiger partial charge >= 0.3 is 0 Å². The standard InChI is InChI=1S/C17H21N7OS/c25-9-3-6-14-21-15(19-11-7-8-18-10-11)23-16(22-14)24-17-20-12-4-1-2-5-13(12)26-17/h1-2,4-5,11,18,25H,3,6-10H2,(H2,19,20,21,22,23,24)/t11-/m1/s1. The van der Waals surface area contributed by atoms with Gasteiger partial charge in [-0.3, -0.25) is 5.32 Å². The molecule has 0 aliphatic carbocycles. The molecular formula is C17H21N7OS. The summed E-state index contributed by atoms with van der Waals surface area (Å²) in [6, 6.07) is 8.31. The number of fused-ring (bicyclic) bond motifs is 1. The predicted octanol–water partition coefficient (Wildman–Crippen LogP) is 1.92. The highest BCUT2D eigenvalue weighted by Gasteiger charge is 2.17. The molecule has 3 aromatic rings. The molecule has 0 bridgehead atoms. The number of aliphatic hydroxyl groups is 1. The number of benzene rings is 1. The average molecular weight is 371 g/mol. The van der Waals surface area contributed by atoms with E-state index in [9.17, 15) is 0 Å². The lowest BCUT2D eigenvalue weighted by molar-refractivity contribution is 0.287. The Morgan fingerprint density at radius 2 is 2.04 bits per heavy atom. The number of rotatable bonds is 7. The van der Waals surface area contributed by atoms with Gasteiger partial charge in [-0.1, -0.05) is 23.5 Å². The molecule has 9 heteroatoms. The van der Waals surface area contributed by atoms with Crippen molar-refractivity contribution in [1.29, 1.82) is 0 Å². The normalized spacial score (nSPS) is 16.9. The van der Waals surface area contributed by atoms with Crippen LogP contribution < -0.4 is 16.0 Å². The first kappa shape index (κ1) is 17.1. The van der Waals surface area contributed by atoms with E-state index in [0.717, 1.165) is 34.9 Å². The van der Waals surface area contributed by atoms with E-state index in [2.05, 4.69) is 35.9 Å². The summed E-state index contributed by atoms with van der Waals surface area (Å²) in [5.41, 5.74) is 0.949. The maximum absolute atomic E-state index is 9.09. The summed E-state index contributed by atoms with van der Waals surface area (Å²) < 4.78 is 1.11. The van der Waals surface area contributed by atoms with Gasteiger partial charge < -0.3 is 15.7 Å². The molecule has 8 nitrogen and oxygen atoms in total. The summed E-state index contributed by atoms with van der Waals surface area (Å²) in [5, 5.41) is 19.7. The zero-order chi connectivity index (χ0) is 17.8. The average Bonchev–Trinajstić information content (AvgIpc) is 3.28.